The number of aromatic nitrogens is 2. The molecule has 0 atom stereocenters. The third-order valence-electron chi connectivity index (χ3n) is 4.92. The van der Waals surface area contributed by atoms with Gasteiger partial charge in [0.05, 0.1) is 36.7 Å². The van der Waals surface area contributed by atoms with Crippen LogP contribution in [0.2, 0.25) is 0 Å². The van der Waals surface area contributed by atoms with E-state index in [4.69, 9.17) is 9.47 Å². The lowest BCUT2D eigenvalue weighted by molar-refractivity contribution is -0.118. The maximum absolute atomic E-state index is 12.2. The lowest BCUT2D eigenvalue weighted by Crippen LogP contribution is -2.19. The molecular weight excluding hydrogens is 424 g/mol. The van der Waals surface area contributed by atoms with Gasteiger partial charge in [0.25, 0.3) is 5.91 Å². The van der Waals surface area contributed by atoms with Gasteiger partial charge in [-0.3, -0.25) is 4.79 Å². The summed E-state index contributed by atoms with van der Waals surface area (Å²) in [5.74, 6) is 1.39. The number of fused-ring (bicyclic) bond motifs is 1. The Morgan fingerprint density at radius 2 is 2.03 bits per heavy atom. The molecule has 8 heteroatoms. The van der Waals surface area contributed by atoms with Gasteiger partial charge >= 0.3 is 0 Å². The number of thioether (sulfide) groups is 1. The summed E-state index contributed by atoms with van der Waals surface area (Å²) in [5.41, 5.74) is 5.32. The third-order valence-corrected chi connectivity index (χ3v) is 5.95. The molecule has 0 saturated heterocycles. The summed E-state index contributed by atoms with van der Waals surface area (Å²) < 4.78 is 13.2. The molecule has 7 nitrogen and oxygen atoms in total. The van der Waals surface area contributed by atoms with Crippen molar-refractivity contribution < 1.29 is 14.3 Å². The number of carbonyl (C=O) groups is 1. The van der Waals surface area contributed by atoms with Crippen LogP contribution in [0.25, 0.3) is 11.0 Å². The molecule has 0 saturated carbocycles. The van der Waals surface area contributed by atoms with E-state index in [-0.39, 0.29) is 11.7 Å². The van der Waals surface area contributed by atoms with E-state index in [9.17, 15) is 4.79 Å². The van der Waals surface area contributed by atoms with Crippen molar-refractivity contribution in [2.24, 2.45) is 12.1 Å². The monoisotopic (exact) mass is 454 g/mol. The Kier molecular flexibility index (Phi) is 8.98. The minimum absolute atomic E-state index is 0.197. The summed E-state index contributed by atoms with van der Waals surface area (Å²) in [6, 6.07) is 13.5. The molecule has 3 rings (SSSR count). The number of hydrazone groups is 1. The van der Waals surface area contributed by atoms with E-state index in [2.05, 4.69) is 22.4 Å². The molecule has 1 N–H and O–H groups in total. The van der Waals surface area contributed by atoms with Gasteiger partial charge in [0.15, 0.2) is 16.7 Å². The Balaban J connectivity index is 1.49. The average molecular weight is 455 g/mol. The molecule has 0 aliphatic carbocycles. The van der Waals surface area contributed by atoms with Crippen molar-refractivity contribution in [1.82, 2.24) is 15.0 Å². The van der Waals surface area contributed by atoms with E-state index >= 15 is 0 Å². The van der Waals surface area contributed by atoms with Gasteiger partial charge < -0.3 is 14.0 Å². The van der Waals surface area contributed by atoms with Crippen LogP contribution >= 0.6 is 11.8 Å². The molecule has 170 valence electrons. The van der Waals surface area contributed by atoms with Crippen LogP contribution in [0.15, 0.2) is 52.7 Å². The number of hydrogen-bond donors (Lipinski definition) is 1. The fourth-order valence-electron chi connectivity index (χ4n) is 3.19. The Hall–Kier alpha value is -3.00. The van der Waals surface area contributed by atoms with Crippen molar-refractivity contribution in [2.75, 3.05) is 19.5 Å². The van der Waals surface area contributed by atoms with Gasteiger partial charge in [-0.15, -0.1) is 0 Å². The zero-order chi connectivity index (χ0) is 22.8. The first-order chi connectivity index (χ1) is 15.6. The smallest absolute Gasteiger partial charge is 0.250 e. The van der Waals surface area contributed by atoms with Crippen molar-refractivity contribution in [3.8, 4) is 11.5 Å². The molecule has 1 heterocycles. The molecule has 1 aromatic heterocycles. The summed E-state index contributed by atoms with van der Waals surface area (Å²) in [6.07, 6.45) is 6.20. The molecule has 0 spiro atoms. The zero-order valence-electron chi connectivity index (χ0n) is 18.8. The van der Waals surface area contributed by atoms with Gasteiger partial charge in [0, 0.05) is 7.05 Å². The number of para-hydroxylation sites is 2. The quantitative estimate of drug-likeness (QED) is 0.184. The maximum atomic E-state index is 12.2. The van der Waals surface area contributed by atoms with E-state index in [1.165, 1.54) is 24.6 Å². The number of imidazole rings is 1. The van der Waals surface area contributed by atoms with E-state index in [0.29, 0.717) is 18.1 Å². The van der Waals surface area contributed by atoms with Crippen LogP contribution in [0.5, 0.6) is 11.5 Å². The molecule has 0 unspecified atom stereocenters. The van der Waals surface area contributed by atoms with Gasteiger partial charge in [-0.25, -0.2) is 10.4 Å². The Bertz CT molecular complexity index is 1060. The first kappa shape index (κ1) is 23.7. The normalized spacial score (nSPS) is 11.2. The number of hydrogen-bond acceptors (Lipinski definition) is 6. The number of rotatable bonds is 12. The molecule has 0 bridgehead atoms. The lowest BCUT2D eigenvalue weighted by Gasteiger charge is -2.11. The average Bonchev–Trinajstić information content (AvgIpc) is 3.13. The number of benzene rings is 2. The summed E-state index contributed by atoms with van der Waals surface area (Å²) >= 11 is 1.38. The number of nitrogens with one attached hydrogen (secondary N) is 1. The molecule has 0 aliphatic heterocycles. The lowest BCUT2D eigenvalue weighted by atomic mass is 10.2. The number of ether oxygens (including phenoxy) is 2. The van der Waals surface area contributed by atoms with Gasteiger partial charge in [-0.05, 0) is 42.3 Å². The number of amides is 1. The van der Waals surface area contributed by atoms with Crippen LogP contribution in [0.1, 0.15) is 38.2 Å². The fourth-order valence-corrected chi connectivity index (χ4v) is 3.97. The third kappa shape index (κ3) is 6.50. The second-order valence-corrected chi connectivity index (χ2v) is 8.29. The van der Waals surface area contributed by atoms with E-state index in [0.717, 1.165) is 34.6 Å². The second kappa shape index (κ2) is 12.1. The van der Waals surface area contributed by atoms with Crippen LogP contribution in [-0.4, -0.2) is 41.1 Å². The zero-order valence-corrected chi connectivity index (χ0v) is 19.7. The van der Waals surface area contributed by atoms with Crippen LogP contribution in [0.3, 0.4) is 0 Å². The highest BCUT2D eigenvalue weighted by atomic mass is 32.2. The van der Waals surface area contributed by atoms with Gasteiger partial charge in [0.2, 0.25) is 0 Å². The van der Waals surface area contributed by atoms with Crippen molar-refractivity contribution in [3.63, 3.8) is 0 Å². The Morgan fingerprint density at radius 1 is 1.19 bits per heavy atom. The molecule has 32 heavy (non-hydrogen) atoms. The molecule has 0 radical (unpaired) electrons. The topological polar surface area (TPSA) is 77.7 Å². The second-order valence-electron chi connectivity index (χ2n) is 7.34. The molecule has 1 amide bonds. The summed E-state index contributed by atoms with van der Waals surface area (Å²) in [6.45, 7) is 2.86. The van der Waals surface area contributed by atoms with Crippen LogP contribution in [-0.2, 0) is 11.8 Å². The van der Waals surface area contributed by atoms with E-state index in [1.54, 1.807) is 13.3 Å². The van der Waals surface area contributed by atoms with Crippen molar-refractivity contribution >= 4 is 34.9 Å². The SMILES string of the molecule is CCCCCCOc1ccc(/C=N\NC(=O)CSc2nc3ccccc3n2C)cc1OC. The minimum Gasteiger partial charge on any atom is -0.493 e. The van der Waals surface area contributed by atoms with E-state index in [1.807, 2.05) is 54.1 Å². The summed E-state index contributed by atoms with van der Waals surface area (Å²) in [5, 5.41) is 4.85. The number of aryl methyl sites for hydroxylation is 1. The Morgan fingerprint density at radius 3 is 2.81 bits per heavy atom. The predicted octanol–water partition coefficient (Wildman–Crippen LogP) is 4.78. The number of unbranched alkanes of at least 4 members (excludes halogenated alkanes) is 3. The Labute approximate surface area is 193 Å². The van der Waals surface area contributed by atoms with Crippen molar-refractivity contribution in [1.29, 1.82) is 0 Å². The number of methoxy groups -OCH3 is 1. The summed E-state index contributed by atoms with van der Waals surface area (Å²) in [4.78, 5) is 16.7. The first-order valence-electron chi connectivity index (χ1n) is 10.8. The minimum atomic E-state index is -0.197. The molecule has 3 aromatic rings. The van der Waals surface area contributed by atoms with Crippen LogP contribution in [0.4, 0.5) is 0 Å². The highest BCUT2D eigenvalue weighted by molar-refractivity contribution is 7.99. The summed E-state index contributed by atoms with van der Waals surface area (Å²) in [7, 11) is 3.56. The van der Waals surface area contributed by atoms with E-state index < -0.39 is 0 Å². The molecule has 2 aromatic carbocycles. The highest BCUT2D eigenvalue weighted by Gasteiger charge is 2.10. The molecule has 0 fully saturated rings. The molecular formula is C24H30N4O3S. The van der Waals surface area contributed by atoms with Crippen LogP contribution in [0, 0.1) is 0 Å². The molecule has 0 aliphatic rings. The number of nitrogens with zero attached hydrogens (tertiary/aromatic N) is 3. The van der Waals surface area contributed by atoms with Gasteiger partial charge in [-0.2, -0.15) is 5.10 Å². The van der Waals surface area contributed by atoms with Crippen molar-refractivity contribution in [3.05, 3.63) is 48.0 Å². The van der Waals surface area contributed by atoms with Gasteiger partial charge in [0.1, 0.15) is 0 Å². The largest absolute Gasteiger partial charge is 0.493 e. The fraction of sp³-hybridized carbons (Fsp3) is 0.375. The van der Waals surface area contributed by atoms with Crippen LogP contribution < -0.4 is 14.9 Å². The first-order valence-corrected chi connectivity index (χ1v) is 11.8. The van der Waals surface area contributed by atoms with Gasteiger partial charge in [-0.1, -0.05) is 50.1 Å². The predicted molar refractivity (Wildman–Crippen MR) is 130 cm³/mol. The standard InChI is InChI=1S/C24H30N4O3S/c1-4-5-6-9-14-31-21-13-12-18(15-22(21)30-3)16-25-27-23(29)17-32-24-26-19-10-7-8-11-20(19)28(24)2/h7-8,10-13,15-16H,4-6,9,14,17H2,1-3H3,(H,27,29)/b25-16-. The number of carbonyl (C=O) groups excluding carboxylic acids is 1. The maximum Gasteiger partial charge on any atom is 0.250 e. The highest BCUT2D eigenvalue weighted by Crippen LogP contribution is 2.28. The van der Waals surface area contributed by atoms with Crippen molar-refractivity contribution in [2.45, 2.75) is 37.8 Å².